The van der Waals surface area contributed by atoms with E-state index >= 15 is 0 Å². The minimum absolute atomic E-state index is 0.172. The van der Waals surface area contributed by atoms with Gasteiger partial charge in [-0.3, -0.25) is 0 Å². The Morgan fingerprint density at radius 3 is 2.27 bits per heavy atom. The lowest BCUT2D eigenvalue weighted by atomic mass is 10.1. The molecule has 0 aromatic carbocycles. The summed E-state index contributed by atoms with van der Waals surface area (Å²) in [6, 6.07) is 0. The second-order valence-electron chi connectivity index (χ2n) is 2.06. The lowest BCUT2D eigenvalue weighted by Gasteiger charge is -2.16. The average molecular weight is 197 g/mol. The highest BCUT2D eigenvalue weighted by Crippen LogP contribution is 2.13. The van der Waals surface area contributed by atoms with Crippen LogP contribution in [0, 0.1) is 10.8 Å². The van der Waals surface area contributed by atoms with Crippen molar-refractivity contribution in [1.29, 1.82) is 10.8 Å². The molecule has 3 unspecified atom stereocenters. The number of hydrogen-bond donors (Lipinski definition) is 3. The summed E-state index contributed by atoms with van der Waals surface area (Å²) in [5.41, 5.74) is 0. The summed E-state index contributed by atoms with van der Waals surface area (Å²) < 4.78 is 0. The zero-order valence-corrected chi connectivity index (χ0v) is 7.31. The first-order valence-electron chi connectivity index (χ1n) is 3.09. The molecule has 3 N–H and O–H groups in total. The normalized spacial score (nSPS) is 18.5. The predicted molar refractivity (Wildman–Crippen MR) is 47.5 cm³/mol. The van der Waals surface area contributed by atoms with Gasteiger partial charge in [0.15, 0.2) is 0 Å². The molecule has 0 bridgehead atoms. The number of halogens is 2. The van der Waals surface area contributed by atoms with E-state index in [-0.39, 0.29) is 6.42 Å². The Balaban J connectivity index is 3.88. The molecule has 0 saturated heterocycles. The van der Waals surface area contributed by atoms with Gasteiger partial charge in [-0.2, -0.15) is 0 Å². The van der Waals surface area contributed by atoms with E-state index in [0.717, 1.165) is 12.4 Å². The summed E-state index contributed by atoms with van der Waals surface area (Å²) in [5, 5.41) is 21.2. The number of alkyl halides is 2. The van der Waals surface area contributed by atoms with Gasteiger partial charge in [-0.25, -0.2) is 0 Å². The summed E-state index contributed by atoms with van der Waals surface area (Å²) in [4.78, 5) is 0. The van der Waals surface area contributed by atoms with Crippen LogP contribution in [0.2, 0.25) is 0 Å². The van der Waals surface area contributed by atoms with Crippen LogP contribution in [0.4, 0.5) is 0 Å². The van der Waals surface area contributed by atoms with E-state index in [1.165, 1.54) is 0 Å². The Hall–Kier alpha value is -0.120. The maximum atomic E-state index is 9.15. The van der Waals surface area contributed by atoms with Crippen LogP contribution in [-0.2, 0) is 0 Å². The fourth-order valence-corrected chi connectivity index (χ4v) is 0.898. The third-order valence-corrected chi connectivity index (χ3v) is 2.28. The van der Waals surface area contributed by atoms with Crippen LogP contribution in [0.1, 0.15) is 6.42 Å². The molecule has 0 aliphatic rings. The van der Waals surface area contributed by atoms with E-state index in [1.54, 1.807) is 0 Å². The SMILES string of the molecule is N=CCC(O)C(Cl)C(Cl)C=N. The number of nitrogens with one attached hydrogen (secondary N) is 2. The lowest BCUT2D eigenvalue weighted by molar-refractivity contribution is 0.180. The summed E-state index contributed by atoms with van der Waals surface area (Å²) in [7, 11) is 0. The summed E-state index contributed by atoms with van der Waals surface area (Å²) in [6.45, 7) is 0. The van der Waals surface area contributed by atoms with Crippen molar-refractivity contribution in [2.24, 2.45) is 0 Å². The molecular weight excluding hydrogens is 187 g/mol. The van der Waals surface area contributed by atoms with E-state index in [4.69, 9.17) is 39.1 Å². The Morgan fingerprint density at radius 2 is 1.91 bits per heavy atom. The Morgan fingerprint density at radius 1 is 1.36 bits per heavy atom. The first-order valence-corrected chi connectivity index (χ1v) is 3.96. The molecule has 0 heterocycles. The highest BCUT2D eigenvalue weighted by atomic mass is 35.5. The van der Waals surface area contributed by atoms with E-state index in [2.05, 4.69) is 0 Å². The van der Waals surface area contributed by atoms with E-state index < -0.39 is 16.9 Å². The first kappa shape index (κ1) is 10.9. The van der Waals surface area contributed by atoms with Crippen molar-refractivity contribution < 1.29 is 5.11 Å². The van der Waals surface area contributed by atoms with Crippen molar-refractivity contribution in [1.82, 2.24) is 0 Å². The molecule has 64 valence electrons. The van der Waals surface area contributed by atoms with Crippen LogP contribution in [0.15, 0.2) is 0 Å². The second-order valence-corrected chi connectivity index (χ2v) is 3.07. The highest BCUT2D eigenvalue weighted by molar-refractivity contribution is 6.35. The van der Waals surface area contributed by atoms with E-state index in [1.807, 2.05) is 0 Å². The van der Waals surface area contributed by atoms with Crippen molar-refractivity contribution in [3.8, 4) is 0 Å². The van der Waals surface area contributed by atoms with Crippen LogP contribution >= 0.6 is 23.2 Å². The van der Waals surface area contributed by atoms with Gasteiger partial charge in [-0.05, 0) is 6.21 Å². The third kappa shape index (κ3) is 3.70. The Labute approximate surface area is 75.3 Å². The maximum Gasteiger partial charge on any atom is 0.0869 e. The number of aliphatic hydroxyl groups is 1. The average Bonchev–Trinajstić information content (AvgIpc) is 2.02. The van der Waals surface area contributed by atoms with Crippen molar-refractivity contribution in [2.75, 3.05) is 0 Å². The fourth-order valence-electron chi connectivity index (χ4n) is 0.555. The van der Waals surface area contributed by atoms with E-state index in [0.29, 0.717) is 0 Å². The van der Waals surface area contributed by atoms with Gasteiger partial charge in [0, 0.05) is 12.6 Å². The smallest absolute Gasteiger partial charge is 0.0869 e. The molecule has 0 spiro atoms. The molecule has 0 aromatic rings. The summed E-state index contributed by atoms with van der Waals surface area (Å²) >= 11 is 11.2. The number of aliphatic hydroxyl groups excluding tert-OH is 1. The minimum atomic E-state index is -0.849. The molecule has 0 radical (unpaired) electrons. The van der Waals surface area contributed by atoms with Crippen LogP contribution in [0.3, 0.4) is 0 Å². The van der Waals surface area contributed by atoms with Crippen LogP contribution in [0.5, 0.6) is 0 Å². The van der Waals surface area contributed by atoms with Crippen molar-refractivity contribution in [3.05, 3.63) is 0 Å². The molecule has 0 fully saturated rings. The molecule has 0 aromatic heterocycles. The Kier molecular flexibility index (Phi) is 5.46. The fraction of sp³-hybridized carbons (Fsp3) is 0.667. The molecule has 11 heavy (non-hydrogen) atoms. The minimum Gasteiger partial charge on any atom is -0.391 e. The first-order chi connectivity index (χ1) is 5.13. The van der Waals surface area contributed by atoms with Gasteiger partial charge in [0.1, 0.15) is 0 Å². The quantitative estimate of drug-likeness (QED) is 0.450. The number of rotatable bonds is 5. The lowest BCUT2D eigenvalue weighted by Crippen LogP contribution is -2.30. The molecule has 0 amide bonds. The molecule has 0 saturated carbocycles. The van der Waals surface area contributed by atoms with Crippen molar-refractivity contribution in [3.63, 3.8) is 0 Å². The van der Waals surface area contributed by atoms with Gasteiger partial charge in [0.2, 0.25) is 0 Å². The van der Waals surface area contributed by atoms with Crippen LogP contribution in [-0.4, -0.2) is 34.4 Å². The monoisotopic (exact) mass is 196 g/mol. The Bertz CT molecular complexity index is 143. The largest absolute Gasteiger partial charge is 0.391 e. The molecule has 3 nitrogen and oxygen atoms in total. The van der Waals surface area contributed by atoms with Crippen molar-refractivity contribution >= 4 is 35.6 Å². The van der Waals surface area contributed by atoms with Gasteiger partial charge in [-0.15, -0.1) is 23.2 Å². The maximum absolute atomic E-state index is 9.15. The van der Waals surface area contributed by atoms with Gasteiger partial charge in [0.05, 0.1) is 16.9 Å². The van der Waals surface area contributed by atoms with Crippen LogP contribution in [0.25, 0.3) is 0 Å². The second kappa shape index (κ2) is 5.52. The van der Waals surface area contributed by atoms with Gasteiger partial charge in [0.25, 0.3) is 0 Å². The van der Waals surface area contributed by atoms with Crippen molar-refractivity contribution in [2.45, 2.75) is 23.3 Å². The van der Waals surface area contributed by atoms with Gasteiger partial charge >= 0.3 is 0 Å². The van der Waals surface area contributed by atoms with Gasteiger partial charge in [-0.1, -0.05) is 0 Å². The van der Waals surface area contributed by atoms with Crippen LogP contribution < -0.4 is 0 Å². The molecule has 0 aliphatic heterocycles. The van der Waals surface area contributed by atoms with Gasteiger partial charge < -0.3 is 15.9 Å². The topological polar surface area (TPSA) is 67.9 Å². The zero-order valence-electron chi connectivity index (χ0n) is 5.80. The number of hydrogen-bond acceptors (Lipinski definition) is 3. The van der Waals surface area contributed by atoms with E-state index in [9.17, 15) is 0 Å². The predicted octanol–water partition coefficient (Wildman–Crippen LogP) is 1.25. The molecule has 0 aliphatic carbocycles. The molecular formula is C6H10Cl2N2O. The standard InChI is InChI=1S/C6H10Cl2N2O/c7-4(3-10)6(8)5(11)1-2-9/h2-6,9-11H,1H2. The summed E-state index contributed by atoms with van der Waals surface area (Å²) in [5.74, 6) is 0. The third-order valence-electron chi connectivity index (χ3n) is 1.19. The molecule has 5 heteroatoms. The molecule has 3 atom stereocenters. The zero-order chi connectivity index (χ0) is 8.85. The molecule has 0 rings (SSSR count). The summed E-state index contributed by atoms with van der Waals surface area (Å²) in [6.07, 6.45) is 1.35. The highest BCUT2D eigenvalue weighted by Gasteiger charge is 2.21.